The van der Waals surface area contributed by atoms with Gasteiger partial charge in [0.05, 0.1) is 16.4 Å². The van der Waals surface area contributed by atoms with Crippen LogP contribution in [0.3, 0.4) is 0 Å². The topological polar surface area (TPSA) is 77.8 Å². The van der Waals surface area contributed by atoms with Gasteiger partial charge < -0.3 is 10.3 Å². The number of hydrogen-bond acceptors (Lipinski definition) is 6. The summed E-state index contributed by atoms with van der Waals surface area (Å²) in [4.78, 5) is 9.02. The van der Waals surface area contributed by atoms with E-state index in [1.165, 1.54) is 11.3 Å². The van der Waals surface area contributed by atoms with Gasteiger partial charge in [-0.3, -0.25) is 4.98 Å². The third-order valence-corrected chi connectivity index (χ3v) is 2.62. The van der Waals surface area contributed by atoms with E-state index in [1.54, 1.807) is 11.7 Å². The van der Waals surface area contributed by atoms with Crippen molar-refractivity contribution in [3.05, 3.63) is 17.6 Å². The Morgan fingerprint density at radius 1 is 1.64 bits per heavy atom. The van der Waals surface area contributed by atoms with E-state index in [-0.39, 0.29) is 6.04 Å². The summed E-state index contributed by atoms with van der Waals surface area (Å²) < 4.78 is 5.03. The van der Waals surface area contributed by atoms with E-state index in [2.05, 4.69) is 15.1 Å². The lowest BCUT2D eigenvalue weighted by atomic mass is 10.2. The Balaban J connectivity index is 2.26. The van der Waals surface area contributed by atoms with E-state index in [9.17, 15) is 0 Å². The minimum atomic E-state index is -0.177. The third-order valence-electron chi connectivity index (χ3n) is 1.85. The first kappa shape index (κ1) is 9.29. The van der Waals surface area contributed by atoms with Gasteiger partial charge in [-0.15, -0.1) is 11.3 Å². The van der Waals surface area contributed by atoms with Gasteiger partial charge in [0, 0.05) is 6.20 Å². The van der Waals surface area contributed by atoms with Gasteiger partial charge in [-0.05, 0) is 6.42 Å². The zero-order valence-electron chi connectivity index (χ0n) is 7.67. The van der Waals surface area contributed by atoms with Crippen molar-refractivity contribution in [3.8, 4) is 10.7 Å². The van der Waals surface area contributed by atoms with Crippen LogP contribution >= 0.6 is 11.3 Å². The van der Waals surface area contributed by atoms with Gasteiger partial charge in [0.15, 0.2) is 0 Å². The van der Waals surface area contributed by atoms with Crippen molar-refractivity contribution in [1.82, 2.24) is 15.1 Å². The van der Waals surface area contributed by atoms with Crippen LogP contribution in [0.25, 0.3) is 10.7 Å². The fraction of sp³-hybridized carbons (Fsp3) is 0.375. The van der Waals surface area contributed by atoms with Crippen molar-refractivity contribution >= 4 is 11.3 Å². The SMILES string of the molecule is CCC(N)c1nc(-c2cncs2)no1. The van der Waals surface area contributed by atoms with Crippen LogP contribution in [-0.2, 0) is 0 Å². The minimum Gasteiger partial charge on any atom is -0.337 e. The van der Waals surface area contributed by atoms with Crippen molar-refractivity contribution < 1.29 is 4.52 Å². The van der Waals surface area contributed by atoms with Gasteiger partial charge in [-0.1, -0.05) is 12.1 Å². The molecule has 0 aliphatic rings. The lowest BCUT2D eigenvalue weighted by Gasteiger charge is -1.98. The summed E-state index contributed by atoms with van der Waals surface area (Å²) >= 11 is 1.47. The van der Waals surface area contributed by atoms with Gasteiger partial charge in [-0.25, -0.2) is 0 Å². The predicted octanol–water partition coefficient (Wildman–Crippen LogP) is 1.60. The van der Waals surface area contributed by atoms with Crippen molar-refractivity contribution in [2.24, 2.45) is 5.73 Å². The van der Waals surface area contributed by atoms with E-state index >= 15 is 0 Å². The molecule has 0 saturated carbocycles. The molecule has 0 fully saturated rings. The Morgan fingerprint density at radius 3 is 3.14 bits per heavy atom. The van der Waals surface area contributed by atoms with Crippen LogP contribution < -0.4 is 5.73 Å². The molecule has 0 bridgehead atoms. The summed E-state index contributed by atoms with van der Waals surface area (Å²) in [5, 5.41) is 3.83. The van der Waals surface area contributed by atoms with Gasteiger partial charge in [-0.2, -0.15) is 4.98 Å². The van der Waals surface area contributed by atoms with Crippen LogP contribution in [0.1, 0.15) is 25.3 Å². The average molecular weight is 210 g/mol. The number of hydrogen-bond donors (Lipinski definition) is 1. The lowest BCUT2D eigenvalue weighted by Crippen LogP contribution is -2.08. The normalized spacial score (nSPS) is 13.0. The molecule has 1 unspecified atom stereocenters. The van der Waals surface area contributed by atoms with Gasteiger partial charge in [0.2, 0.25) is 11.7 Å². The monoisotopic (exact) mass is 210 g/mol. The van der Waals surface area contributed by atoms with Crippen LogP contribution in [-0.4, -0.2) is 15.1 Å². The average Bonchev–Trinajstić information content (AvgIpc) is 2.86. The Labute approximate surface area is 85.0 Å². The maximum Gasteiger partial charge on any atom is 0.243 e. The lowest BCUT2D eigenvalue weighted by molar-refractivity contribution is 0.352. The largest absolute Gasteiger partial charge is 0.337 e. The first-order chi connectivity index (χ1) is 6.81. The molecule has 2 heterocycles. The molecular formula is C8H10N4OS. The molecule has 0 spiro atoms. The molecule has 5 nitrogen and oxygen atoms in total. The molecule has 0 amide bonds. The second-order valence-electron chi connectivity index (χ2n) is 2.84. The molecule has 0 aliphatic carbocycles. The minimum absolute atomic E-state index is 0.177. The molecule has 14 heavy (non-hydrogen) atoms. The molecule has 2 N–H and O–H groups in total. The van der Waals surface area contributed by atoms with Gasteiger partial charge in [0.1, 0.15) is 0 Å². The molecule has 1 atom stereocenters. The Morgan fingerprint density at radius 2 is 2.50 bits per heavy atom. The molecule has 2 rings (SSSR count). The van der Waals surface area contributed by atoms with Gasteiger partial charge >= 0.3 is 0 Å². The summed E-state index contributed by atoms with van der Waals surface area (Å²) in [6.45, 7) is 1.97. The van der Waals surface area contributed by atoms with Crippen molar-refractivity contribution in [1.29, 1.82) is 0 Å². The smallest absolute Gasteiger partial charge is 0.243 e. The zero-order valence-corrected chi connectivity index (χ0v) is 8.49. The fourth-order valence-electron chi connectivity index (χ4n) is 0.987. The Kier molecular flexibility index (Phi) is 2.55. The van der Waals surface area contributed by atoms with E-state index in [0.717, 1.165) is 11.3 Å². The first-order valence-corrected chi connectivity index (χ1v) is 5.17. The molecule has 0 aromatic carbocycles. The van der Waals surface area contributed by atoms with E-state index < -0.39 is 0 Å². The molecule has 2 aromatic rings. The van der Waals surface area contributed by atoms with Crippen LogP contribution in [0, 0.1) is 0 Å². The summed E-state index contributed by atoms with van der Waals surface area (Å²) in [6.07, 6.45) is 2.49. The highest BCUT2D eigenvalue weighted by Crippen LogP contribution is 2.21. The molecule has 2 aromatic heterocycles. The number of rotatable bonds is 3. The van der Waals surface area contributed by atoms with Crippen LogP contribution in [0.2, 0.25) is 0 Å². The second kappa shape index (κ2) is 3.85. The van der Waals surface area contributed by atoms with Crippen LogP contribution in [0.4, 0.5) is 0 Å². The fourth-order valence-corrected chi connectivity index (χ4v) is 1.53. The second-order valence-corrected chi connectivity index (χ2v) is 3.72. The van der Waals surface area contributed by atoms with Crippen molar-refractivity contribution in [2.45, 2.75) is 19.4 Å². The van der Waals surface area contributed by atoms with Gasteiger partial charge in [0.25, 0.3) is 0 Å². The predicted molar refractivity (Wildman–Crippen MR) is 52.6 cm³/mol. The maximum absolute atomic E-state index is 5.75. The molecule has 0 aliphatic heterocycles. The molecule has 6 heteroatoms. The molecule has 0 saturated heterocycles. The highest BCUT2D eigenvalue weighted by atomic mass is 32.1. The Bertz CT molecular complexity index is 397. The number of thiazole rings is 1. The maximum atomic E-state index is 5.75. The summed E-state index contributed by atoms with van der Waals surface area (Å²) in [7, 11) is 0. The van der Waals surface area contributed by atoms with E-state index in [4.69, 9.17) is 10.3 Å². The van der Waals surface area contributed by atoms with Crippen LogP contribution in [0.5, 0.6) is 0 Å². The first-order valence-electron chi connectivity index (χ1n) is 4.29. The van der Waals surface area contributed by atoms with Crippen LogP contribution in [0.15, 0.2) is 16.2 Å². The highest BCUT2D eigenvalue weighted by Gasteiger charge is 2.14. The molecule has 74 valence electrons. The quantitative estimate of drug-likeness (QED) is 0.832. The number of nitrogens with zero attached hydrogens (tertiary/aromatic N) is 3. The molecular weight excluding hydrogens is 200 g/mol. The van der Waals surface area contributed by atoms with Crippen molar-refractivity contribution in [3.63, 3.8) is 0 Å². The Hall–Kier alpha value is -1.27. The number of aromatic nitrogens is 3. The van der Waals surface area contributed by atoms with E-state index in [1.807, 2.05) is 6.92 Å². The third kappa shape index (κ3) is 1.66. The summed E-state index contributed by atoms with van der Waals surface area (Å²) in [5.74, 6) is 1.04. The highest BCUT2D eigenvalue weighted by molar-refractivity contribution is 7.13. The zero-order chi connectivity index (χ0) is 9.97. The molecule has 0 radical (unpaired) electrons. The van der Waals surface area contributed by atoms with Crippen molar-refractivity contribution in [2.75, 3.05) is 0 Å². The standard InChI is InChI=1S/C8H10N4OS/c1-2-5(9)8-11-7(12-13-8)6-3-10-4-14-6/h3-5H,2,9H2,1H3. The number of nitrogens with two attached hydrogens (primary N) is 1. The summed E-state index contributed by atoms with van der Waals surface area (Å²) in [5.41, 5.74) is 7.48. The summed E-state index contributed by atoms with van der Waals surface area (Å²) in [6, 6.07) is -0.177. The van der Waals surface area contributed by atoms with E-state index in [0.29, 0.717) is 11.7 Å².